The van der Waals surface area contributed by atoms with Gasteiger partial charge in [-0.3, -0.25) is 4.79 Å². The number of carbonyl (C=O) groups is 1. The molecule has 0 radical (unpaired) electrons. The van der Waals surface area contributed by atoms with Gasteiger partial charge in [0.25, 0.3) is 5.91 Å². The molecule has 2 heterocycles. The third-order valence-corrected chi connectivity index (χ3v) is 2.57. The zero-order valence-electron chi connectivity index (χ0n) is 8.48. The van der Waals surface area contributed by atoms with Crippen LogP contribution >= 0.6 is 0 Å². The standard InChI is InChI=1S/C9H13N3O4/c10-9(15)5-2-12(4-11-5)8-1-6(14)7(3-13)16-8/h2,4,6-8,13-14H,1,3H2,(H2,10,15). The molecule has 1 amide bonds. The molecular weight excluding hydrogens is 214 g/mol. The number of imidazole rings is 1. The van der Waals surface area contributed by atoms with Gasteiger partial charge >= 0.3 is 0 Å². The zero-order chi connectivity index (χ0) is 11.7. The quantitative estimate of drug-likeness (QED) is 0.589. The van der Waals surface area contributed by atoms with Gasteiger partial charge in [-0.15, -0.1) is 0 Å². The number of ether oxygens (including phenoxy) is 1. The van der Waals surface area contributed by atoms with E-state index in [9.17, 15) is 9.90 Å². The van der Waals surface area contributed by atoms with Gasteiger partial charge in [0.1, 0.15) is 18.0 Å². The summed E-state index contributed by atoms with van der Waals surface area (Å²) in [7, 11) is 0. The zero-order valence-corrected chi connectivity index (χ0v) is 8.48. The molecule has 0 aliphatic carbocycles. The summed E-state index contributed by atoms with van der Waals surface area (Å²) in [5.41, 5.74) is 5.21. The van der Waals surface area contributed by atoms with Crippen LogP contribution in [0.5, 0.6) is 0 Å². The fraction of sp³-hybridized carbons (Fsp3) is 0.556. The molecule has 7 nitrogen and oxygen atoms in total. The Balaban J connectivity index is 2.11. The van der Waals surface area contributed by atoms with E-state index in [1.54, 1.807) is 4.57 Å². The van der Waals surface area contributed by atoms with Gasteiger partial charge in [-0.2, -0.15) is 0 Å². The van der Waals surface area contributed by atoms with Gasteiger partial charge in [0.15, 0.2) is 0 Å². The molecule has 3 atom stereocenters. The molecule has 88 valence electrons. The van der Waals surface area contributed by atoms with E-state index in [0.717, 1.165) is 0 Å². The van der Waals surface area contributed by atoms with Crippen molar-refractivity contribution in [1.29, 1.82) is 0 Å². The topological polar surface area (TPSA) is 111 Å². The normalized spacial score (nSPS) is 29.5. The van der Waals surface area contributed by atoms with Crippen molar-refractivity contribution < 1.29 is 19.7 Å². The molecular formula is C9H13N3O4. The Morgan fingerprint density at radius 1 is 1.75 bits per heavy atom. The Kier molecular flexibility index (Phi) is 2.90. The lowest BCUT2D eigenvalue weighted by Crippen LogP contribution is -2.24. The van der Waals surface area contributed by atoms with E-state index in [4.69, 9.17) is 15.6 Å². The van der Waals surface area contributed by atoms with Gasteiger partial charge in [0.2, 0.25) is 0 Å². The molecule has 1 fully saturated rings. The Hall–Kier alpha value is -1.44. The van der Waals surface area contributed by atoms with E-state index in [2.05, 4.69) is 4.98 Å². The summed E-state index contributed by atoms with van der Waals surface area (Å²) in [5.74, 6) is -0.615. The second-order valence-corrected chi connectivity index (χ2v) is 3.69. The highest BCUT2D eigenvalue weighted by molar-refractivity contribution is 5.90. The number of carbonyl (C=O) groups excluding carboxylic acids is 1. The highest BCUT2D eigenvalue weighted by atomic mass is 16.5. The lowest BCUT2D eigenvalue weighted by molar-refractivity contribution is -0.0443. The van der Waals surface area contributed by atoms with E-state index in [1.165, 1.54) is 12.5 Å². The summed E-state index contributed by atoms with van der Waals surface area (Å²) >= 11 is 0. The smallest absolute Gasteiger partial charge is 0.268 e. The van der Waals surface area contributed by atoms with Crippen molar-refractivity contribution in [1.82, 2.24) is 9.55 Å². The molecule has 2 rings (SSSR count). The minimum absolute atomic E-state index is 0.144. The van der Waals surface area contributed by atoms with Crippen molar-refractivity contribution >= 4 is 5.91 Å². The van der Waals surface area contributed by atoms with E-state index >= 15 is 0 Å². The summed E-state index contributed by atoms with van der Waals surface area (Å²) in [5, 5.41) is 18.4. The van der Waals surface area contributed by atoms with E-state index in [-0.39, 0.29) is 12.3 Å². The number of primary amides is 1. The van der Waals surface area contributed by atoms with Crippen LogP contribution < -0.4 is 5.73 Å². The maximum Gasteiger partial charge on any atom is 0.268 e. The molecule has 1 aliphatic rings. The van der Waals surface area contributed by atoms with E-state index in [1.807, 2.05) is 0 Å². The van der Waals surface area contributed by atoms with Crippen LogP contribution in [0.1, 0.15) is 23.1 Å². The van der Waals surface area contributed by atoms with Crippen molar-refractivity contribution in [3.8, 4) is 0 Å². The van der Waals surface area contributed by atoms with Crippen LogP contribution in [0.4, 0.5) is 0 Å². The molecule has 1 aromatic rings. The number of rotatable bonds is 3. The third-order valence-electron chi connectivity index (χ3n) is 2.57. The fourth-order valence-electron chi connectivity index (χ4n) is 1.68. The Bertz CT molecular complexity index is 392. The van der Waals surface area contributed by atoms with Crippen molar-refractivity contribution in [3.63, 3.8) is 0 Å². The van der Waals surface area contributed by atoms with Crippen LogP contribution in [0.15, 0.2) is 12.5 Å². The van der Waals surface area contributed by atoms with E-state index < -0.39 is 24.3 Å². The van der Waals surface area contributed by atoms with Crippen LogP contribution in [0.25, 0.3) is 0 Å². The summed E-state index contributed by atoms with van der Waals surface area (Å²) in [6.45, 7) is -0.241. The van der Waals surface area contributed by atoms with Crippen molar-refractivity contribution in [2.24, 2.45) is 5.73 Å². The van der Waals surface area contributed by atoms with Gasteiger partial charge < -0.3 is 25.3 Å². The average molecular weight is 227 g/mol. The number of aliphatic hydroxyl groups excluding tert-OH is 2. The molecule has 1 aromatic heterocycles. The number of hydrogen-bond donors (Lipinski definition) is 3. The summed E-state index contributed by atoms with van der Waals surface area (Å²) in [6, 6.07) is 0. The Labute approximate surface area is 91.5 Å². The number of hydrogen-bond acceptors (Lipinski definition) is 5. The first-order valence-electron chi connectivity index (χ1n) is 4.89. The third kappa shape index (κ3) is 1.92. The van der Waals surface area contributed by atoms with Crippen LogP contribution in [-0.4, -0.2) is 44.5 Å². The molecule has 7 heteroatoms. The molecule has 3 unspecified atom stereocenters. The van der Waals surface area contributed by atoms with Crippen molar-refractivity contribution in [2.75, 3.05) is 6.61 Å². The van der Waals surface area contributed by atoms with Gasteiger partial charge in [-0.1, -0.05) is 0 Å². The van der Waals surface area contributed by atoms with Crippen molar-refractivity contribution in [2.45, 2.75) is 24.9 Å². The summed E-state index contributed by atoms with van der Waals surface area (Å²) < 4.78 is 6.93. The van der Waals surface area contributed by atoms with Crippen LogP contribution in [0, 0.1) is 0 Å². The van der Waals surface area contributed by atoms with Gasteiger partial charge in [0.05, 0.1) is 19.0 Å². The van der Waals surface area contributed by atoms with Crippen LogP contribution in [0.3, 0.4) is 0 Å². The average Bonchev–Trinajstić information content (AvgIpc) is 2.83. The number of nitrogens with zero attached hydrogens (tertiary/aromatic N) is 2. The highest BCUT2D eigenvalue weighted by Crippen LogP contribution is 2.28. The SMILES string of the molecule is NC(=O)c1cn(C2CC(O)C(CO)O2)cn1. The van der Waals surface area contributed by atoms with Gasteiger partial charge in [0, 0.05) is 12.6 Å². The molecule has 4 N–H and O–H groups in total. The maximum atomic E-state index is 10.8. The van der Waals surface area contributed by atoms with Gasteiger partial charge in [-0.05, 0) is 0 Å². The predicted molar refractivity (Wildman–Crippen MR) is 52.4 cm³/mol. The second kappa shape index (κ2) is 4.20. The highest BCUT2D eigenvalue weighted by Gasteiger charge is 2.34. The first-order chi connectivity index (χ1) is 7.61. The largest absolute Gasteiger partial charge is 0.394 e. The molecule has 1 saturated heterocycles. The van der Waals surface area contributed by atoms with Gasteiger partial charge in [-0.25, -0.2) is 4.98 Å². The van der Waals surface area contributed by atoms with Crippen LogP contribution in [0.2, 0.25) is 0 Å². The second-order valence-electron chi connectivity index (χ2n) is 3.69. The first-order valence-corrected chi connectivity index (χ1v) is 4.89. The number of aromatic nitrogens is 2. The maximum absolute atomic E-state index is 10.8. The Morgan fingerprint density at radius 3 is 3.00 bits per heavy atom. The summed E-state index contributed by atoms with van der Waals surface area (Å²) in [6.07, 6.45) is 1.49. The molecule has 16 heavy (non-hydrogen) atoms. The molecule has 1 aliphatic heterocycles. The molecule has 0 saturated carbocycles. The molecule has 0 bridgehead atoms. The fourth-order valence-corrected chi connectivity index (χ4v) is 1.68. The lowest BCUT2D eigenvalue weighted by Gasteiger charge is -2.12. The minimum Gasteiger partial charge on any atom is -0.394 e. The van der Waals surface area contributed by atoms with Crippen molar-refractivity contribution in [3.05, 3.63) is 18.2 Å². The molecule has 0 spiro atoms. The number of nitrogens with two attached hydrogens (primary N) is 1. The number of aliphatic hydroxyl groups is 2. The molecule has 0 aromatic carbocycles. The first kappa shape index (κ1) is 11.1. The Morgan fingerprint density at radius 2 is 2.50 bits per heavy atom. The lowest BCUT2D eigenvalue weighted by atomic mass is 10.2. The van der Waals surface area contributed by atoms with E-state index in [0.29, 0.717) is 6.42 Å². The summed E-state index contributed by atoms with van der Waals surface area (Å²) in [4.78, 5) is 14.6. The predicted octanol–water partition coefficient (Wildman–Crippen LogP) is -1.38. The minimum atomic E-state index is -0.713. The van der Waals surface area contributed by atoms with Crippen LogP contribution in [-0.2, 0) is 4.74 Å². The monoisotopic (exact) mass is 227 g/mol. The number of amides is 1.